The van der Waals surface area contributed by atoms with E-state index < -0.39 is 0 Å². The maximum absolute atomic E-state index is 12.5. The van der Waals surface area contributed by atoms with Crippen LogP contribution in [0.15, 0.2) is 18.2 Å². The molecule has 2 N–H and O–H groups in total. The lowest BCUT2D eigenvalue weighted by Crippen LogP contribution is -2.47. The van der Waals surface area contributed by atoms with Crippen molar-refractivity contribution in [2.24, 2.45) is 0 Å². The predicted molar refractivity (Wildman–Crippen MR) is 68.7 cm³/mol. The molecular formula is C14H19NO3. The van der Waals surface area contributed by atoms with E-state index in [0.717, 1.165) is 19.3 Å². The summed E-state index contributed by atoms with van der Waals surface area (Å²) >= 11 is 0. The molecule has 2 unspecified atom stereocenters. The molecule has 0 aliphatic carbocycles. The molecule has 2 rings (SSSR count). The van der Waals surface area contributed by atoms with Crippen LogP contribution in [0.5, 0.6) is 11.5 Å². The number of aromatic hydroxyl groups is 2. The minimum atomic E-state index is -0.287. The van der Waals surface area contributed by atoms with E-state index in [-0.39, 0.29) is 35.1 Å². The van der Waals surface area contributed by atoms with Gasteiger partial charge < -0.3 is 15.1 Å². The van der Waals surface area contributed by atoms with E-state index in [1.807, 2.05) is 13.8 Å². The molecule has 1 fully saturated rings. The number of piperidine rings is 1. The maximum Gasteiger partial charge on any atom is 0.261 e. The number of hydrogen-bond acceptors (Lipinski definition) is 3. The fourth-order valence-electron chi connectivity index (χ4n) is 2.70. The standard InChI is InChI=1S/C14H19NO3/c1-9-5-3-6-10(2)15(9)14(18)13-11(16)7-4-8-12(13)17/h4,7-10,16-17H,3,5-6H2,1-2H3. The summed E-state index contributed by atoms with van der Waals surface area (Å²) in [6.45, 7) is 4.01. The summed E-state index contributed by atoms with van der Waals surface area (Å²) in [4.78, 5) is 14.2. The van der Waals surface area contributed by atoms with Gasteiger partial charge in [0.1, 0.15) is 17.1 Å². The maximum atomic E-state index is 12.5. The SMILES string of the molecule is CC1CCCC(C)N1C(=O)c1c(O)cccc1O. The number of benzene rings is 1. The van der Waals surface area contributed by atoms with Crippen molar-refractivity contribution in [1.82, 2.24) is 4.90 Å². The highest BCUT2D eigenvalue weighted by atomic mass is 16.3. The molecule has 0 radical (unpaired) electrons. The van der Waals surface area contributed by atoms with Crippen LogP contribution in [0.4, 0.5) is 0 Å². The van der Waals surface area contributed by atoms with Gasteiger partial charge >= 0.3 is 0 Å². The van der Waals surface area contributed by atoms with Gasteiger partial charge in [-0.2, -0.15) is 0 Å². The van der Waals surface area contributed by atoms with E-state index in [0.29, 0.717) is 0 Å². The molecule has 18 heavy (non-hydrogen) atoms. The summed E-state index contributed by atoms with van der Waals surface area (Å²) in [5.74, 6) is -0.611. The van der Waals surface area contributed by atoms with Crippen molar-refractivity contribution < 1.29 is 15.0 Å². The second-order valence-corrected chi connectivity index (χ2v) is 5.01. The van der Waals surface area contributed by atoms with Crippen LogP contribution in [-0.4, -0.2) is 33.1 Å². The summed E-state index contributed by atoms with van der Waals surface area (Å²) in [6.07, 6.45) is 3.04. The largest absolute Gasteiger partial charge is 0.507 e. The van der Waals surface area contributed by atoms with Crippen molar-refractivity contribution in [3.05, 3.63) is 23.8 Å². The van der Waals surface area contributed by atoms with Crippen molar-refractivity contribution in [3.63, 3.8) is 0 Å². The molecule has 1 aromatic carbocycles. The Morgan fingerprint density at radius 1 is 1.17 bits per heavy atom. The zero-order valence-electron chi connectivity index (χ0n) is 10.8. The first-order valence-corrected chi connectivity index (χ1v) is 6.36. The average molecular weight is 249 g/mol. The van der Waals surface area contributed by atoms with Gasteiger partial charge in [-0.25, -0.2) is 0 Å². The molecule has 0 spiro atoms. The highest BCUT2D eigenvalue weighted by Gasteiger charge is 2.32. The first kappa shape index (κ1) is 12.7. The van der Waals surface area contributed by atoms with Crippen LogP contribution >= 0.6 is 0 Å². The molecule has 1 amide bonds. The van der Waals surface area contributed by atoms with Gasteiger partial charge in [0, 0.05) is 12.1 Å². The third-order valence-corrected chi connectivity index (χ3v) is 3.66. The van der Waals surface area contributed by atoms with Gasteiger partial charge in [0.05, 0.1) is 0 Å². The summed E-state index contributed by atoms with van der Waals surface area (Å²) in [5, 5.41) is 19.5. The molecule has 1 aliphatic heterocycles. The Bertz CT molecular complexity index is 428. The van der Waals surface area contributed by atoms with Gasteiger partial charge in [-0.3, -0.25) is 4.79 Å². The summed E-state index contributed by atoms with van der Waals surface area (Å²) in [5.41, 5.74) is 0.0121. The highest BCUT2D eigenvalue weighted by Crippen LogP contribution is 2.31. The highest BCUT2D eigenvalue weighted by molar-refractivity contribution is 5.99. The average Bonchev–Trinajstić information content (AvgIpc) is 2.28. The molecule has 4 heteroatoms. The molecule has 1 aromatic rings. The number of carbonyl (C=O) groups excluding carboxylic acids is 1. The van der Waals surface area contributed by atoms with E-state index in [4.69, 9.17) is 0 Å². The van der Waals surface area contributed by atoms with Crippen molar-refractivity contribution in [2.45, 2.75) is 45.2 Å². The van der Waals surface area contributed by atoms with Crippen LogP contribution in [0, 0.1) is 0 Å². The number of nitrogens with zero attached hydrogens (tertiary/aromatic N) is 1. The molecule has 1 aliphatic rings. The first-order valence-electron chi connectivity index (χ1n) is 6.36. The molecule has 1 heterocycles. The van der Waals surface area contributed by atoms with Gasteiger partial charge in [-0.05, 0) is 45.2 Å². The zero-order chi connectivity index (χ0) is 13.3. The van der Waals surface area contributed by atoms with E-state index in [1.165, 1.54) is 18.2 Å². The third kappa shape index (κ3) is 2.15. The molecule has 0 bridgehead atoms. The number of carbonyl (C=O) groups is 1. The van der Waals surface area contributed by atoms with E-state index in [1.54, 1.807) is 4.90 Å². The second kappa shape index (κ2) is 4.88. The Morgan fingerprint density at radius 3 is 2.17 bits per heavy atom. The quantitative estimate of drug-likeness (QED) is 0.804. The summed E-state index contributed by atoms with van der Waals surface area (Å²) in [7, 11) is 0. The predicted octanol–water partition coefficient (Wildman–Crippen LogP) is 2.50. The second-order valence-electron chi connectivity index (χ2n) is 5.01. The lowest BCUT2D eigenvalue weighted by Gasteiger charge is -2.39. The molecule has 4 nitrogen and oxygen atoms in total. The number of phenolic OH excluding ortho intramolecular Hbond substituents is 2. The molecule has 0 saturated carbocycles. The van der Waals surface area contributed by atoms with Gasteiger partial charge in [0.25, 0.3) is 5.91 Å². The van der Waals surface area contributed by atoms with Crippen LogP contribution in [-0.2, 0) is 0 Å². The van der Waals surface area contributed by atoms with Crippen molar-refractivity contribution in [1.29, 1.82) is 0 Å². The van der Waals surface area contributed by atoms with Crippen LogP contribution in [0.3, 0.4) is 0 Å². The minimum absolute atomic E-state index is 0.0121. The van der Waals surface area contributed by atoms with Gasteiger partial charge in [-0.1, -0.05) is 6.07 Å². The van der Waals surface area contributed by atoms with Gasteiger partial charge in [0.2, 0.25) is 0 Å². The van der Waals surface area contributed by atoms with Crippen molar-refractivity contribution in [2.75, 3.05) is 0 Å². The lowest BCUT2D eigenvalue weighted by atomic mass is 9.96. The number of likely N-dealkylation sites (tertiary alicyclic amines) is 1. The molecule has 1 saturated heterocycles. The lowest BCUT2D eigenvalue weighted by molar-refractivity contribution is 0.0505. The zero-order valence-corrected chi connectivity index (χ0v) is 10.8. The number of rotatable bonds is 1. The Kier molecular flexibility index (Phi) is 3.45. The van der Waals surface area contributed by atoms with Crippen LogP contribution < -0.4 is 0 Å². The number of amides is 1. The smallest absolute Gasteiger partial charge is 0.261 e. The van der Waals surface area contributed by atoms with Crippen LogP contribution in [0.25, 0.3) is 0 Å². The number of phenols is 2. The van der Waals surface area contributed by atoms with Crippen LogP contribution in [0.1, 0.15) is 43.5 Å². The van der Waals surface area contributed by atoms with E-state index in [9.17, 15) is 15.0 Å². The molecule has 0 aromatic heterocycles. The fourth-order valence-corrected chi connectivity index (χ4v) is 2.70. The molecule has 2 atom stereocenters. The topological polar surface area (TPSA) is 60.8 Å². The fraction of sp³-hybridized carbons (Fsp3) is 0.500. The van der Waals surface area contributed by atoms with Gasteiger partial charge in [0.15, 0.2) is 0 Å². The third-order valence-electron chi connectivity index (χ3n) is 3.66. The summed E-state index contributed by atoms with van der Waals surface area (Å²) in [6, 6.07) is 4.64. The van der Waals surface area contributed by atoms with Gasteiger partial charge in [-0.15, -0.1) is 0 Å². The monoisotopic (exact) mass is 249 g/mol. The van der Waals surface area contributed by atoms with Crippen LogP contribution in [0.2, 0.25) is 0 Å². The molecule has 98 valence electrons. The van der Waals surface area contributed by atoms with Crippen molar-refractivity contribution in [3.8, 4) is 11.5 Å². The van der Waals surface area contributed by atoms with E-state index >= 15 is 0 Å². The Morgan fingerprint density at radius 2 is 1.67 bits per heavy atom. The normalized spacial score (nSPS) is 24.0. The van der Waals surface area contributed by atoms with E-state index in [2.05, 4.69) is 0 Å². The number of hydrogen-bond donors (Lipinski definition) is 2. The Hall–Kier alpha value is -1.71. The molecular weight excluding hydrogens is 230 g/mol. The Labute approximate surface area is 107 Å². The minimum Gasteiger partial charge on any atom is -0.507 e. The van der Waals surface area contributed by atoms with Crippen molar-refractivity contribution >= 4 is 5.91 Å². The summed E-state index contributed by atoms with van der Waals surface area (Å²) < 4.78 is 0. The first-order chi connectivity index (χ1) is 8.52. The Balaban J connectivity index is 2.35.